The summed E-state index contributed by atoms with van der Waals surface area (Å²) in [5.74, 6) is 0. The number of hydrogen-bond donors (Lipinski definition) is 0. The minimum Gasteiger partial charge on any atom is -0.258 e. The highest BCUT2D eigenvalue weighted by atomic mass is 79.9. The average molecular weight is 467 g/mol. The molecule has 0 radical (unpaired) electrons. The molecule has 0 spiro atoms. The van der Waals surface area contributed by atoms with Crippen LogP contribution >= 0.6 is 39.8 Å². The van der Waals surface area contributed by atoms with Gasteiger partial charge in [-0.1, -0.05) is 76.6 Å². The first-order valence-corrected chi connectivity index (χ1v) is 12.0. The molecule has 140 valence electrons. The number of benzene rings is 3. The first kappa shape index (κ1) is 19.4. The summed E-state index contributed by atoms with van der Waals surface area (Å²) in [5.41, 5.74) is 6.61. The van der Waals surface area contributed by atoms with Crippen LogP contribution in [0.25, 0.3) is 33.3 Å². The maximum absolute atomic E-state index is 5.11. The Kier molecular flexibility index (Phi) is 5.95. The van der Waals surface area contributed by atoms with Gasteiger partial charge in [0.05, 0.1) is 16.9 Å². The van der Waals surface area contributed by atoms with Crippen molar-refractivity contribution in [2.24, 2.45) is 0 Å². The van der Waals surface area contributed by atoms with E-state index in [9.17, 15) is 0 Å². The van der Waals surface area contributed by atoms with Crippen LogP contribution in [0.1, 0.15) is 0 Å². The Labute approximate surface area is 182 Å². The van der Waals surface area contributed by atoms with Gasteiger partial charge in [-0.3, -0.25) is 3.71 Å². The lowest BCUT2D eigenvalue weighted by Crippen LogP contribution is -2.07. The standard InChI is InChI=1S/C23H19BrN2S2/c1-27-26(28-2)23-19-15-18(24)13-14-20(19)25-22(17-11-7-4-8-12-17)21(23)16-9-5-3-6-10-16/h3-15H,1-2H3. The Hall–Kier alpha value is -1.95. The molecular weight excluding hydrogens is 448 g/mol. The fourth-order valence-corrected chi connectivity index (χ4v) is 5.05. The van der Waals surface area contributed by atoms with Crippen LogP contribution in [-0.2, 0) is 0 Å². The molecule has 28 heavy (non-hydrogen) atoms. The van der Waals surface area contributed by atoms with Crippen LogP contribution in [-0.4, -0.2) is 17.5 Å². The molecule has 1 aromatic heterocycles. The van der Waals surface area contributed by atoms with E-state index in [1.165, 1.54) is 11.3 Å². The van der Waals surface area contributed by atoms with Crippen LogP contribution < -0.4 is 3.71 Å². The van der Waals surface area contributed by atoms with Crippen molar-refractivity contribution in [2.45, 2.75) is 0 Å². The predicted octanol–water partition coefficient (Wildman–Crippen LogP) is 7.69. The molecule has 0 atom stereocenters. The molecule has 4 aromatic rings. The van der Waals surface area contributed by atoms with Gasteiger partial charge in [-0.15, -0.1) is 0 Å². The summed E-state index contributed by atoms with van der Waals surface area (Å²) in [7, 11) is 0. The van der Waals surface area contributed by atoms with Crippen molar-refractivity contribution in [2.75, 3.05) is 16.2 Å². The Morgan fingerprint density at radius 1 is 0.786 bits per heavy atom. The zero-order valence-electron chi connectivity index (χ0n) is 15.6. The third-order valence-corrected chi connectivity index (χ3v) is 6.96. The maximum atomic E-state index is 5.11. The summed E-state index contributed by atoms with van der Waals surface area (Å²) >= 11 is 7.06. The van der Waals surface area contributed by atoms with Crippen LogP contribution in [0.4, 0.5) is 5.69 Å². The molecule has 0 N–H and O–H groups in total. The van der Waals surface area contributed by atoms with Gasteiger partial charge in [-0.2, -0.15) is 0 Å². The highest BCUT2D eigenvalue weighted by molar-refractivity contribution is 9.10. The second-order valence-electron chi connectivity index (χ2n) is 6.20. The predicted molar refractivity (Wildman–Crippen MR) is 130 cm³/mol. The first-order chi connectivity index (χ1) is 13.7. The molecule has 0 bridgehead atoms. The summed E-state index contributed by atoms with van der Waals surface area (Å²) in [6.07, 6.45) is 4.22. The van der Waals surface area contributed by atoms with Crippen molar-refractivity contribution in [1.29, 1.82) is 0 Å². The molecule has 4 rings (SSSR count). The van der Waals surface area contributed by atoms with E-state index in [0.717, 1.165) is 32.2 Å². The summed E-state index contributed by atoms with van der Waals surface area (Å²) in [6, 6.07) is 27.3. The molecule has 3 aromatic carbocycles. The Bertz CT molecular complexity index is 1100. The van der Waals surface area contributed by atoms with Crippen molar-refractivity contribution < 1.29 is 0 Å². The minimum absolute atomic E-state index is 0.991. The number of pyridine rings is 1. The maximum Gasteiger partial charge on any atom is 0.0809 e. The normalized spacial score (nSPS) is 11.0. The molecule has 5 heteroatoms. The van der Waals surface area contributed by atoms with Gasteiger partial charge < -0.3 is 0 Å². The monoisotopic (exact) mass is 466 g/mol. The van der Waals surface area contributed by atoms with Crippen molar-refractivity contribution >= 4 is 56.4 Å². The number of rotatable bonds is 5. The number of aromatic nitrogens is 1. The van der Waals surface area contributed by atoms with E-state index in [1.54, 1.807) is 23.9 Å². The quantitative estimate of drug-likeness (QED) is 0.280. The SMILES string of the molecule is CSN(SC)c1c(-c2ccccc2)c(-c2ccccc2)nc2ccc(Br)cc12. The van der Waals surface area contributed by atoms with Gasteiger partial charge in [0.2, 0.25) is 0 Å². The van der Waals surface area contributed by atoms with Gasteiger partial charge >= 0.3 is 0 Å². The van der Waals surface area contributed by atoms with Gasteiger partial charge in [-0.25, -0.2) is 4.98 Å². The summed E-state index contributed by atoms with van der Waals surface area (Å²) in [6.45, 7) is 0. The molecule has 0 saturated heterocycles. The molecule has 0 aliphatic heterocycles. The number of fused-ring (bicyclic) bond motifs is 1. The highest BCUT2D eigenvalue weighted by Crippen LogP contribution is 2.46. The summed E-state index contributed by atoms with van der Waals surface area (Å²) in [4.78, 5) is 5.11. The van der Waals surface area contributed by atoms with Crippen molar-refractivity contribution in [3.05, 3.63) is 83.3 Å². The highest BCUT2D eigenvalue weighted by Gasteiger charge is 2.22. The zero-order chi connectivity index (χ0) is 19.5. The van der Waals surface area contributed by atoms with E-state index in [0.29, 0.717) is 0 Å². The molecular formula is C23H19BrN2S2. The summed E-state index contributed by atoms with van der Waals surface area (Å²) < 4.78 is 3.32. The second-order valence-corrected chi connectivity index (χ2v) is 8.81. The Balaban J connectivity index is 2.18. The van der Waals surface area contributed by atoms with Crippen LogP contribution in [0, 0.1) is 0 Å². The fourth-order valence-electron chi connectivity index (χ4n) is 3.35. The number of halogens is 1. The van der Waals surface area contributed by atoms with Gasteiger partial charge in [0.25, 0.3) is 0 Å². The van der Waals surface area contributed by atoms with E-state index < -0.39 is 0 Å². The van der Waals surface area contributed by atoms with Crippen LogP contribution in [0.15, 0.2) is 83.3 Å². The molecule has 0 amide bonds. The van der Waals surface area contributed by atoms with Crippen molar-refractivity contribution in [1.82, 2.24) is 4.98 Å². The van der Waals surface area contributed by atoms with Crippen LogP contribution in [0.5, 0.6) is 0 Å². The molecule has 2 nitrogen and oxygen atoms in total. The lowest BCUT2D eigenvalue weighted by atomic mass is 9.95. The van der Waals surface area contributed by atoms with E-state index >= 15 is 0 Å². The van der Waals surface area contributed by atoms with Crippen molar-refractivity contribution in [3.8, 4) is 22.4 Å². The molecule has 0 saturated carbocycles. The number of hydrogen-bond acceptors (Lipinski definition) is 4. The zero-order valence-corrected chi connectivity index (χ0v) is 18.8. The van der Waals surface area contributed by atoms with Gasteiger partial charge in [0.15, 0.2) is 0 Å². The third kappa shape index (κ3) is 3.66. The molecule has 0 aliphatic rings. The van der Waals surface area contributed by atoms with Crippen molar-refractivity contribution in [3.63, 3.8) is 0 Å². The molecule has 0 aliphatic carbocycles. The van der Waals surface area contributed by atoms with E-state index in [-0.39, 0.29) is 0 Å². The molecule has 0 unspecified atom stereocenters. The number of nitrogens with zero attached hydrogens (tertiary/aromatic N) is 2. The molecule has 1 heterocycles. The van der Waals surface area contributed by atoms with Gasteiger partial charge in [0, 0.05) is 33.5 Å². The lowest BCUT2D eigenvalue weighted by molar-refractivity contribution is 1.39. The van der Waals surface area contributed by atoms with E-state index in [4.69, 9.17) is 4.98 Å². The van der Waals surface area contributed by atoms with Gasteiger partial charge in [-0.05, 0) is 47.7 Å². The van der Waals surface area contributed by atoms with Crippen LogP contribution in [0.2, 0.25) is 0 Å². The first-order valence-electron chi connectivity index (χ1n) is 8.85. The van der Waals surface area contributed by atoms with Gasteiger partial charge in [0.1, 0.15) is 0 Å². The topological polar surface area (TPSA) is 16.1 Å². The smallest absolute Gasteiger partial charge is 0.0809 e. The Morgan fingerprint density at radius 3 is 2.00 bits per heavy atom. The summed E-state index contributed by atoms with van der Waals surface area (Å²) in [5, 5.41) is 1.14. The van der Waals surface area contributed by atoms with E-state index in [1.807, 2.05) is 6.07 Å². The fraction of sp³-hybridized carbons (Fsp3) is 0.0870. The van der Waals surface area contributed by atoms with Crippen LogP contribution in [0.3, 0.4) is 0 Å². The average Bonchev–Trinajstić information content (AvgIpc) is 2.75. The third-order valence-electron chi connectivity index (χ3n) is 4.54. The second kappa shape index (κ2) is 8.60. The lowest BCUT2D eigenvalue weighted by Gasteiger charge is -2.25. The Morgan fingerprint density at radius 2 is 1.39 bits per heavy atom. The number of anilines is 1. The minimum atomic E-state index is 0.991. The van der Waals surface area contributed by atoms with E-state index in [2.05, 4.69) is 105 Å². The largest absolute Gasteiger partial charge is 0.258 e. The molecule has 0 fully saturated rings.